The van der Waals surface area contributed by atoms with Crippen LogP contribution < -0.4 is 4.90 Å². The van der Waals surface area contributed by atoms with Crippen LogP contribution in [-0.2, 0) is 9.59 Å². The first-order chi connectivity index (χ1) is 15.8. The van der Waals surface area contributed by atoms with Gasteiger partial charge in [0.25, 0.3) is 5.78 Å². The van der Waals surface area contributed by atoms with E-state index in [0.29, 0.717) is 21.3 Å². The minimum absolute atomic E-state index is 0.00172. The fraction of sp³-hybridized carbons (Fsp3) is 0.115. The molecule has 5 nitrogen and oxygen atoms in total. The van der Waals surface area contributed by atoms with Gasteiger partial charge in [0, 0.05) is 5.56 Å². The zero-order chi connectivity index (χ0) is 23.3. The number of aliphatic hydroxyl groups excluding tert-OH is 1. The Kier molecular flexibility index (Phi) is 5.06. The van der Waals surface area contributed by atoms with Gasteiger partial charge in [-0.1, -0.05) is 71.0 Å². The van der Waals surface area contributed by atoms with Crippen molar-refractivity contribution in [3.05, 3.63) is 100 Å². The maximum Gasteiger partial charge on any atom is 0.301 e. The molecule has 1 aliphatic heterocycles. The molecule has 1 fully saturated rings. The lowest BCUT2D eigenvalue weighted by Gasteiger charge is -2.23. The molecule has 2 heterocycles. The van der Waals surface area contributed by atoms with Crippen molar-refractivity contribution in [1.82, 2.24) is 4.98 Å². The zero-order valence-corrected chi connectivity index (χ0v) is 18.7. The molecular formula is C26H19FN2O3S. The average molecular weight is 459 g/mol. The van der Waals surface area contributed by atoms with Gasteiger partial charge in [-0.05, 0) is 37.6 Å². The number of carbonyl (C=O) groups is 2. The first-order valence-corrected chi connectivity index (χ1v) is 11.2. The Hall–Kier alpha value is -3.84. The molecule has 1 aromatic heterocycles. The summed E-state index contributed by atoms with van der Waals surface area (Å²) in [6.45, 7) is 3.86. The summed E-state index contributed by atoms with van der Waals surface area (Å²) in [4.78, 5) is 32.2. The topological polar surface area (TPSA) is 70.5 Å². The maximum atomic E-state index is 13.7. The van der Waals surface area contributed by atoms with Crippen molar-refractivity contribution < 1.29 is 19.1 Å². The summed E-state index contributed by atoms with van der Waals surface area (Å²) in [5.74, 6) is -2.22. The van der Waals surface area contributed by atoms with E-state index in [1.54, 1.807) is 12.1 Å². The van der Waals surface area contributed by atoms with E-state index in [0.717, 1.165) is 22.5 Å². The quantitative estimate of drug-likeness (QED) is 0.244. The van der Waals surface area contributed by atoms with Gasteiger partial charge in [0.1, 0.15) is 11.6 Å². The molecule has 1 amide bonds. The Morgan fingerprint density at radius 3 is 2.27 bits per heavy atom. The van der Waals surface area contributed by atoms with E-state index in [-0.39, 0.29) is 16.5 Å². The SMILES string of the molecule is Cc1ccc(/C(O)=C2\C(=O)C(=O)N(c3nc4ccc(F)cc4s3)C2c2ccc(C)cc2)cc1. The summed E-state index contributed by atoms with van der Waals surface area (Å²) in [6.07, 6.45) is 0. The Balaban J connectivity index is 1.73. The molecule has 4 aromatic rings. The second kappa shape index (κ2) is 7.94. The minimum atomic E-state index is -0.864. The van der Waals surface area contributed by atoms with E-state index in [9.17, 15) is 19.1 Å². The van der Waals surface area contributed by atoms with Crippen LogP contribution in [0.4, 0.5) is 9.52 Å². The number of carbonyl (C=O) groups excluding carboxylic acids is 2. The van der Waals surface area contributed by atoms with Gasteiger partial charge in [-0.3, -0.25) is 14.5 Å². The molecule has 5 rings (SSSR count). The number of hydrogen-bond acceptors (Lipinski definition) is 5. The number of aromatic nitrogens is 1. The number of Topliss-reactive ketones (excluding diaryl/α,β-unsaturated/α-hetero) is 1. The summed E-state index contributed by atoms with van der Waals surface area (Å²) in [6, 6.07) is 17.8. The van der Waals surface area contributed by atoms with Gasteiger partial charge < -0.3 is 5.11 Å². The zero-order valence-electron chi connectivity index (χ0n) is 17.9. The minimum Gasteiger partial charge on any atom is -0.507 e. The number of anilines is 1. The summed E-state index contributed by atoms with van der Waals surface area (Å²) in [7, 11) is 0. The van der Waals surface area contributed by atoms with Crippen LogP contribution in [0.3, 0.4) is 0 Å². The normalized spacial score (nSPS) is 17.8. The lowest BCUT2D eigenvalue weighted by atomic mass is 9.94. The van der Waals surface area contributed by atoms with Gasteiger partial charge in [-0.2, -0.15) is 0 Å². The summed E-state index contributed by atoms with van der Waals surface area (Å²) < 4.78 is 14.3. The molecule has 1 N–H and O–H groups in total. The number of hydrogen-bond donors (Lipinski definition) is 1. The van der Waals surface area contributed by atoms with Crippen LogP contribution in [0, 0.1) is 19.7 Å². The van der Waals surface area contributed by atoms with Gasteiger partial charge in [0.15, 0.2) is 5.13 Å². The molecule has 0 spiro atoms. The fourth-order valence-corrected chi connectivity index (χ4v) is 4.97. The van der Waals surface area contributed by atoms with E-state index >= 15 is 0 Å². The third-order valence-corrected chi connectivity index (χ3v) is 6.73. The smallest absolute Gasteiger partial charge is 0.301 e. The lowest BCUT2D eigenvalue weighted by Crippen LogP contribution is -2.29. The van der Waals surface area contributed by atoms with Crippen LogP contribution in [0.2, 0.25) is 0 Å². The van der Waals surface area contributed by atoms with Crippen molar-refractivity contribution in [2.24, 2.45) is 0 Å². The number of nitrogens with zero attached hydrogens (tertiary/aromatic N) is 2. The molecule has 1 unspecified atom stereocenters. The van der Waals surface area contributed by atoms with Gasteiger partial charge in [0.2, 0.25) is 0 Å². The van der Waals surface area contributed by atoms with Crippen LogP contribution in [0.1, 0.15) is 28.3 Å². The molecule has 0 saturated carbocycles. The van der Waals surface area contributed by atoms with Crippen molar-refractivity contribution in [1.29, 1.82) is 0 Å². The lowest BCUT2D eigenvalue weighted by molar-refractivity contribution is -0.132. The van der Waals surface area contributed by atoms with Crippen molar-refractivity contribution in [3.8, 4) is 0 Å². The number of fused-ring (bicyclic) bond motifs is 1. The standard InChI is InChI=1S/C26H19FN2O3S/c1-14-3-7-16(8-4-14)22-21(23(30)17-9-5-15(2)6-10-17)24(31)25(32)29(22)26-28-19-12-11-18(27)13-20(19)33-26/h3-13,22,30H,1-2H3/b23-21+. The van der Waals surface area contributed by atoms with Gasteiger partial charge in [0.05, 0.1) is 21.8 Å². The van der Waals surface area contributed by atoms with Gasteiger partial charge in [-0.25, -0.2) is 9.37 Å². The first-order valence-electron chi connectivity index (χ1n) is 10.3. The highest BCUT2D eigenvalue weighted by Gasteiger charge is 2.48. The number of benzene rings is 3. The average Bonchev–Trinajstić information content (AvgIpc) is 3.32. The molecule has 0 radical (unpaired) electrons. The number of rotatable bonds is 3. The van der Waals surface area contributed by atoms with E-state index in [2.05, 4.69) is 4.98 Å². The van der Waals surface area contributed by atoms with Gasteiger partial charge in [-0.15, -0.1) is 0 Å². The van der Waals surface area contributed by atoms with Crippen molar-refractivity contribution in [2.45, 2.75) is 19.9 Å². The monoisotopic (exact) mass is 458 g/mol. The summed E-state index contributed by atoms with van der Waals surface area (Å²) in [5, 5.41) is 11.4. The highest BCUT2D eigenvalue weighted by Crippen LogP contribution is 2.44. The van der Waals surface area contributed by atoms with E-state index in [1.165, 1.54) is 23.1 Å². The Labute approximate surface area is 193 Å². The summed E-state index contributed by atoms with van der Waals surface area (Å²) in [5.41, 5.74) is 3.66. The second-order valence-corrected chi connectivity index (χ2v) is 9.06. The van der Waals surface area contributed by atoms with Gasteiger partial charge >= 0.3 is 5.91 Å². The Morgan fingerprint density at radius 2 is 1.61 bits per heavy atom. The number of ketones is 1. The van der Waals surface area contributed by atoms with E-state index < -0.39 is 23.5 Å². The Morgan fingerprint density at radius 1 is 0.970 bits per heavy atom. The summed E-state index contributed by atoms with van der Waals surface area (Å²) >= 11 is 1.13. The molecule has 1 atom stereocenters. The van der Waals surface area contributed by atoms with Crippen molar-refractivity contribution in [3.63, 3.8) is 0 Å². The van der Waals surface area contributed by atoms with Crippen LogP contribution in [0.5, 0.6) is 0 Å². The molecule has 0 aliphatic carbocycles. The first kappa shape index (κ1) is 21.0. The molecule has 1 aliphatic rings. The molecule has 7 heteroatoms. The number of thiazole rings is 1. The van der Waals surface area contributed by atoms with Crippen molar-refractivity contribution >= 4 is 44.1 Å². The maximum absolute atomic E-state index is 13.7. The molecule has 164 valence electrons. The highest BCUT2D eigenvalue weighted by molar-refractivity contribution is 7.22. The molecule has 1 saturated heterocycles. The molecule has 0 bridgehead atoms. The molecule has 3 aromatic carbocycles. The van der Waals surface area contributed by atoms with E-state index in [1.807, 2.05) is 50.2 Å². The number of amides is 1. The largest absolute Gasteiger partial charge is 0.507 e. The van der Waals surface area contributed by atoms with Crippen molar-refractivity contribution in [2.75, 3.05) is 4.90 Å². The second-order valence-electron chi connectivity index (χ2n) is 8.05. The fourth-order valence-electron chi connectivity index (χ4n) is 3.95. The predicted octanol–water partition coefficient (Wildman–Crippen LogP) is 5.68. The molecule has 33 heavy (non-hydrogen) atoms. The Bertz CT molecular complexity index is 1440. The predicted molar refractivity (Wildman–Crippen MR) is 127 cm³/mol. The van der Waals surface area contributed by atoms with E-state index in [4.69, 9.17) is 0 Å². The highest BCUT2D eigenvalue weighted by atomic mass is 32.1. The molecular weight excluding hydrogens is 439 g/mol. The van der Waals surface area contributed by atoms with Crippen LogP contribution in [-0.4, -0.2) is 21.8 Å². The third-order valence-electron chi connectivity index (χ3n) is 5.71. The number of aryl methyl sites for hydroxylation is 2. The van der Waals surface area contributed by atoms with Crippen LogP contribution in [0.25, 0.3) is 16.0 Å². The van der Waals surface area contributed by atoms with Crippen LogP contribution >= 0.6 is 11.3 Å². The third kappa shape index (κ3) is 3.60. The number of aliphatic hydroxyl groups is 1. The van der Waals surface area contributed by atoms with Crippen LogP contribution in [0.15, 0.2) is 72.3 Å². The number of halogens is 1.